The molecule has 0 aromatic heterocycles. The molecule has 82 valence electrons. The lowest BCUT2D eigenvalue weighted by Gasteiger charge is -2.16. The third kappa shape index (κ3) is 2.90. The molecule has 0 saturated carbocycles. The number of ketones is 1. The molecule has 0 radical (unpaired) electrons. The lowest BCUT2D eigenvalue weighted by molar-refractivity contribution is -0.152. The highest BCUT2D eigenvalue weighted by Crippen LogP contribution is 2.22. The molecular formula is C10H12O5. The van der Waals surface area contributed by atoms with Crippen LogP contribution in [0.15, 0.2) is 12.2 Å². The van der Waals surface area contributed by atoms with E-state index in [9.17, 15) is 14.4 Å². The Labute approximate surface area is 86.7 Å². The van der Waals surface area contributed by atoms with Crippen LogP contribution in [-0.4, -0.2) is 28.9 Å². The Morgan fingerprint density at radius 1 is 1.53 bits per heavy atom. The second-order valence-electron chi connectivity index (χ2n) is 3.27. The Balaban J connectivity index is 2.63. The van der Waals surface area contributed by atoms with E-state index in [1.807, 2.05) is 0 Å². The van der Waals surface area contributed by atoms with Gasteiger partial charge in [-0.15, -0.1) is 0 Å². The number of hydrogen-bond acceptors (Lipinski definition) is 4. The van der Waals surface area contributed by atoms with Gasteiger partial charge in [-0.2, -0.15) is 0 Å². The predicted octanol–water partition coefficient (Wildman–Crippen LogP) is 0.538. The van der Waals surface area contributed by atoms with Crippen molar-refractivity contribution in [2.24, 2.45) is 5.92 Å². The van der Waals surface area contributed by atoms with Crippen LogP contribution in [0.25, 0.3) is 0 Å². The van der Waals surface area contributed by atoms with E-state index < -0.39 is 24.0 Å². The zero-order valence-corrected chi connectivity index (χ0v) is 8.30. The monoisotopic (exact) mass is 212 g/mol. The lowest BCUT2D eigenvalue weighted by atomic mass is 10.00. The summed E-state index contributed by atoms with van der Waals surface area (Å²) < 4.78 is 4.93. The highest BCUT2D eigenvalue weighted by atomic mass is 16.5. The van der Waals surface area contributed by atoms with Crippen molar-refractivity contribution in [3.63, 3.8) is 0 Å². The predicted molar refractivity (Wildman–Crippen MR) is 50.1 cm³/mol. The molecule has 15 heavy (non-hydrogen) atoms. The number of carbonyl (C=O) groups excluding carboxylic acids is 2. The van der Waals surface area contributed by atoms with Crippen molar-refractivity contribution < 1.29 is 24.2 Å². The van der Waals surface area contributed by atoms with Gasteiger partial charge in [0, 0.05) is 6.42 Å². The van der Waals surface area contributed by atoms with Gasteiger partial charge < -0.3 is 9.84 Å². The molecular weight excluding hydrogens is 200 g/mol. The summed E-state index contributed by atoms with van der Waals surface area (Å²) in [5.74, 6) is -2.58. The van der Waals surface area contributed by atoms with Crippen molar-refractivity contribution in [3.05, 3.63) is 12.2 Å². The smallest absolute Gasteiger partial charge is 0.306 e. The van der Waals surface area contributed by atoms with Gasteiger partial charge >= 0.3 is 11.9 Å². The SMILES string of the molecule is CCC(=O)OC1C=CC(=O)C1CC(=O)O. The number of aliphatic carboxylic acids is 1. The van der Waals surface area contributed by atoms with E-state index in [-0.39, 0.29) is 18.6 Å². The van der Waals surface area contributed by atoms with Crippen molar-refractivity contribution in [2.45, 2.75) is 25.9 Å². The number of ether oxygens (including phenoxy) is 1. The fraction of sp³-hybridized carbons (Fsp3) is 0.500. The van der Waals surface area contributed by atoms with Crippen molar-refractivity contribution in [1.29, 1.82) is 0 Å². The maximum atomic E-state index is 11.2. The maximum Gasteiger partial charge on any atom is 0.306 e. The zero-order valence-electron chi connectivity index (χ0n) is 8.30. The average molecular weight is 212 g/mol. The van der Waals surface area contributed by atoms with Gasteiger partial charge in [-0.3, -0.25) is 14.4 Å². The van der Waals surface area contributed by atoms with Crippen LogP contribution >= 0.6 is 0 Å². The first kappa shape index (κ1) is 11.4. The number of carboxylic acids is 1. The first-order chi connectivity index (χ1) is 7.04. The zero-order chi connectivity index (χ0) is 11.4. The van der Waals surface area contributed by atoms with E-state index in [1.54, 1.807) is 6.92 Å². The van der Waals surface area contributed by atoms with Crippen LogP contribution in [0.3, 0.4) is 0 Å². The van der Waals surface area contributed by atoms with Gasteiger partial charge in [-0.05, 0) is 12.2 Å². The van der Waals surface area contributed by atoms with Crippen molar-refractivity contribution >= 4 is 17.7 Å². The minimum absolute atomic E-state index is 0.207. The molecule has 1 aliphatic carbocycles. The minimum Gasteiger partial charge on any atom is -0.481 e. The molecule has 1 aliphatic rings. The molecule has 1 rings (SSSR count). The summed E-state index contributed by atoms with van der Waals surface area (Å²) in [6, 6.07) is 0. The van der Waals surface area contributed by atoms with Gasteiger partial charge in [0.2, 0.25) is 0 Å². The van der Waals surface area contributed by atoms with E-state index >= 15 is 0 Å². The highest BCUT2D eigenvalue weighted by molar-refractivity contribution is 5.97. The Morgan fingerprint density at radius 3 is 2.73 bits per heavy atom. The highest BCUT2D eigenvalue weighted by Gasteiger charge is 2.34. The summed E-state index contributed by atoms with van der Waals surface area (Å²) >= 11 is 0. The average Bonchev–Trinajstić information content (AvgIpc) is 2.49. The topological polar surface area (TPSA) is 80.7 Å². The van der Waals surface area contributed by atoms with Gasteiger partial charge in [0.25, 0.3) is 0 Å². The fourth-order valence-electron chi connectivity index (χ4n) is 1.37. The fourth-order valence-corrected chi connectivity index (χ4v) is 1.37. The summed E-state index contributed by atoms with van der Waals surface area (Å²) in [5.41, 5.74) is 0. The standard InChI is InChI=1S/C10H12O5/c1-2-10(14)15-8-4-3-7(11)6(8)5-9(12)13/h3-4,6,8H,2,5H2,1H3,(H,12,13). The number of carbonyl (C=O) groups is 3. The molecule has 0 aliphatic heterocycles. The molecule has 0 fully saturated rings. The van der Waals surface area contributed by atoms with Crippen LogP contribution in [0.4, 0.5) is 0 Å². The largest absolute Gasteiger partial charge is 0.481 e. The molecule has 0 aromatic carbocycles. The van der Waals surface area contributed by atoms with Crippen LogP contribution in [-0.2, 0) is 19.1 Å². The van der Waals surface area contributed by atoms with Gasteiger partial charge in [0.05, 0.1) is 12.3 Å². The molecule has 0 spiro atoms. The number of carboxylic acid groups (broad SMARTS) is 1. The Hall–Kier alpha value is -1.65. The molecule has 2 unspecified atom stereocenters. The minimum atomic E-state index is -1.07. The number of hydrogen-bond donors (Lipinski definition) is 1. The maximum absolute atomic E-state index is 11.2. The van der Waals surface area contributed by atoms with Gasteiger partial charge in [0.15, 0.2) is 5.78 Å². The number of rotatable bonds is 4. The molecule has 5 heteroatoms. The molecule has 0 amide bonds. The van der Waals surface area contributed by atoms with E-state index in [0.29, 0.717) is 0 Å². The first-order valence-corrected chi connectivity index (χ1v) is 4.68. The van der Waals surface area contributed by atoms with Crippen LogP contribution in [0.5, 0.6) is 0 Å². The van der Waals surface area contributed by atoms with Gasteiger partial charge in [-0.25, -0.2) is 0 Å². The Kier molecular flexibility index (Phi) is 3.60. The summed E-state index contributed by atoms with van der Waals surface area (Å²) in [6.45, 7) is 1.63. The molecule has 0 bridgehead atoms. The van der Waals surface area contributed by atoms with Crippen LogP contribution in [0.2, 0.25) is 0 Å². The third-order valence-corrected chi connectivity index (χ3v) is 2.16. The quantitative estimate of drug-likeness (QED) is 0.688. The van der Waals surface area contributed by atoms with Crippen molar-refractivity contribution in [1.82, 2.24) is 0 Å². The molecule has 1 N–H and O–H groups in total. The summed E-state index contributed by atoms with van der Waals surface area (Å²) in [7, 11) is 0. The molecule has 5 nitrogen and oxygen atoms in total. The van der Waals surface area contributed by atoms with E-state index in [2.05, 4.69) is 0 Å². The normalized spacial score (nSPS) is 24.2. The molecule has 0 saturated heterocycles. The second kappa shape index (κ2) is 4.72. The van der Waals surface area contributed by atoms with Gasteiger partial charge in [0.1, 0.15) is 6.10 Å². The van der Waals surface area contributed by atoms with Crippen LogP contribution in [0.1, 0.15) is 19.8 Å². The van der Waals surface area contributed by atoms with Crippen molar-refractivity contribution in [2.75, 3.05) is 0 Å². The third-order valence-electron chi connectivity index (χ3n) is 2.16. The van der Waals surface area contributed by atoms with E-state index in [0.717, 1.165) is 0 Å². The second-order valence-corrected chi connectivity index (χ2v) is 3.27. The van der Waals surface area contributed by atoms with Crippen LogP contribution in [0, 0.1) is 5.92 Å². The van der Waals surface area contributed by atoms with Gasteiger partial charge in [-0.1, -0.05) is 6.92 Å². The lowest BCUT2D eigenvalue weighted by Crippen LogP contribution is -2.27. The summed E-state index contributed by atoms with van der Waals surface area (Å²) in [4.78, 5) is 32.7. The van der Waals surface area contributed by atoms with Crippen LogP contribution < -0.4 is 0 Å². The Bertz CT molecular complexity index is 318. The molecule has 0 aromatic rings. The van der Waals surface area contributed by atoms with E-state index in [4.69, 9.17) is 9.84 Å². The first-order valence-electron chi connectivity index (χ1n) is 4.68. The van der Waals surface area contributed by atoms with Crippen molar-refractivity contribution in [3.8, 4) is 0 Å². The van der Waals surface area contributed by atoms with E-state index in [1.165, 1.54) is 12.2 Å². The summed E-state index contributed by atoms with van der Waals surface area (Å²) in [5, 5.41) is 8.58. The summed E-state index contributed by atoms with van der Waals surface area (Å²) in [6.07, 6.45) is 1.87. The molecule has 2 atom stereocenters. The number of allylic oxidation sites excluding steroid dienone is 1. The molecule has 0 heterocycles. The number of esters is 1. The Morgan fingerprint density at radius 2 is 2.20 bits per heavy atom.